The first-order valence-corrected chi connectivity index (χ1v) is 10.1. The molecule has 32 heavy (non-hydrogen) atoms. The Bertz CT molecular complexity index is 953. The lowest BCUT2D eigenvalue weighted by molar-refractivity contribution is -0.137. The number of nitrogens with one attached hydrogen (secondary N) is 1. The Morgan fingerprint density at radius 2 is 1.84 bits per heavy atom. The lowest BCUT2D eigenvalue weighted by atomic mass is 10.1. The quantitative estimate of drug-likeness (QED) is 0.633. The molecule has 2 amide bonds. The highest BCUT2D eigenvalue weighted by Crippen LogP contribution is 2.30. The van der Waals surface area contributed by atoms with Crippen molar-refractivity contribution >= 4 is 17.5 Å². The van der Waals surface area contributed by atoms with E-state index in [2.05, 4.69) is 5.32 Å². The number of halogens is 4. The molecule has 0 saturated carbocycles. The molecule has 0 aromatic heterocycles. The van der Waals surface area contributed by atoms with Crippen molar-refractivity contribution in [3.63, 3.8) is 0 Å². The molecule has 10 heteroatoms. The van der Waals surface area contributed by atoms with E-state index in [4.69, 9.17) is 5.73 Å². The average molecular weight is 452 g/mol. The van der Waals surface area contributed by atoms with Crippen molar-refractivity contribution in [2.45, 2.75) is 25.2 Å². The first kappa shape index (κ1) is 23.5. The maximum absolute atomic E-state index is 13.6. The molecule has 3 N–H and O–H groups in total. The molecule has 1 fully saturated rings. The minimum Gasteiger partial charge on any atom is -0.353 e. The highest BCUT2D eigenvalue weighted by atomic mass is 19.4. The van der Waals surface area contributed by atoms with Gasteiger partial charge in [-0.2, -0.15) is 13.2 Å². The summed E-state index contributed by atoms with van der Waals surface area (Å²) in [4.78, 5) is 28.4. The molecule has 6 nitrogen and oxygen atoms in total. The van der Waals surface area contributed by atoms with Crippen LogP contribution < -0.4 is 16.0 Å². The largest absolute Gasteiger partial charge is 0.416 e. The zero-order valence-corrected chi connectivity index (χ0v) is 17.2. The number of benzene rings is 2. The standard InChI is InChI=1S/C22H24F4N4O2/c23-17-9-15(8-16(10-17)22(24,25)26)11-28-20(31)13-30(19-4-2-1-3-5-19)14-21(32)29-7-6-18(27)12-29/h1-5,8-10,18H,6-7,11-14,27H2,(H,28,31). The van der Waals surface area contributed by atoms with Crippen LogP contribution >= 0.6 is 0 Å². The highest BCUT2D eigenvalue weighted by molar-refractivity contribution is 5.86. The number of anilines is 1. The first-order chi connectivity index (χ1) is 15.1. The van der Waals surface area contributed by atoms with Crippen molar-refractivity contribution in [2.24, 2.45) is 5.73 Å². The predicted octanol–water partition coefficient (Wildman–Crippen LogP) is 2.53. The highest BCUT2D eigenvalue weighted by Gasteiger charge is 2.31. The molecule has 0 spiro atoms. The zero-order chi connectivity index (χ0) is 23.3. The molecular weight excluding hydrogens is 428 g/mol. The number of amides is 2. The summed E-state index contributed by atoms with van der Waals surface area (Å²) < 4.78 is 52.2. The Kier molecular flexibility index (Phi) is 7.34. The van der Waals surface area contributed by atoms with E-state index in [9.17, 15) is 27.2 Å². The van der Waals surface area contributed by atoms with Crippen LogP contribution in [0.3, 0.4) is 0 Å². The van der Waals surface area contributed by atoms with E-state index in [1.807, 2.05) is 0 Å². The van der Waals surface area contributed by atoms with Gasteiger partial charge in [0, 0.05) is 31.4 Å². The second-order valence-electron chi connectivity index (χ2n) is 7.70. The Labute approximate surface area is 183 Å². The molecule has 2 aromatic rings. The summed E-state index contributed by atoms with van der Waals surface area (Å²) in [7, 11) is 0. The SMILES string of the molecule is NC1CCN(C(=O)CN(CC(=O)NCc2cc(F)cc(C(F)(F)F)c2)c2ccccc2)C1. The topological polar surface area (TPSA) is 78.7 Å². The first-order valence-electron chi connectivity index (χ1n) is 10.1. The van der Waals surface area contributed by atoms with Crippen molar-refractivity contribution in [2.75, 3.05) is 31.1 Å². The van der Waals surface area contributed by atoms with Crippen LogP contribution in [0.1, 0.15) is 17.5 Å². The van der Waals surface area contributed by atoms with Crippen molar-refractivity contribution in [3.05, 3.63) is 65.5 Å². The molecule has 1 atom stereocenters. The second-order valence-corrected chi connectivity index (χ2v) is 7.70. The third-order valence-corrected chi connectivity index (χ3v) is 5.13. The number of carbonyl (C=O) groups excluding carboxylic acids is 2. The van der Waals surface area contributed by atoms with Gasteiger partial charge in [0.05, 0.1) is 18.7 Å². The van der Waals surface area contributed by atoms with Crippen LogP contribution in [0.4, 0.5) is 23.2 Å². The lowest BCUT2D eigenvalue weighted by Gasteiger charge is -2.26. The van der Waals surface area contributed by atoms with E-state index in [1.165, 1.54) is 0 Å². The minimum absolute atomic E-state index is 0.0148. The molecule has 1 aliphatic rings. The molecule has 1 unspecified atom stereocenters. The fraction of sp³-hybridized carbons (Fsp3) is 0.364. The fourth-order valence-corrected chi connectivity index (χ4v) is 3.50. The fourth-order valence-electron chi connectivity index (χ4n) is 3.50. The van der Waals surface area contributed by atoms with Gasteiger partial charge < -0.3 is 20.9 Å². The maximum atomic E-state index is 13.6. The molecule has 0 bridgehead atoms. The van der Waals surface area contributed by atoms with Gasteiger partial charge in [-0.1, -0.05) is 18.2 Å². The molecule has 1 aliphatic heterocycles. The molecule has 3 rings (SSSR count). The van der Waals surface area contributed by atoms with E-state index >= 15 is 0 Å². The van der Waals surface area contributed by atoms with Gasteiger partial charge >= 0.3 is 6.18 Å². The Balaban J connectivity index is 1.65. The van der Waals surface area contributed by atoms with Crippen LogP contribution in [0.15, 0.2) is 48.5 Å². The molecule has 0 radical (unpaired) electrons. The van der Waals surface area contributed by atoms with Gasteiger partial charge in [0.25, 0.3) is 0 Å². The molecule has 1 saturated heterocycles. The number of likely N-dealkylation sites (tertiary alicyclic amines) is 1. The van der Waals surface area contributed by atoms with E-state index in [0.29, 0.717) is 31.3 Å². The predicted molar refractivity (Wildman–Crippen MR) is 111 cm³/mol. The number of nitrogens with two attached hydrogens (primary N) is 1. The summed E-state index contributed by atoms with van der Waals surface area (Å²) in [5.41, 5.74) is 5.37. The Morgan fingerprint density at radius 1 is 1.12 bits per heavy atom. The normalized spacial score (nSPS) is 16.2. The van der Waals surface area contributed by atoms with Crippen LogP contribution in [0.2, 0.25) is 0 Å². The monoisotopic (exact) mass is 452 g/mol. The van der Waals surface area contributed by atoms with Gasteiger partial charge in [-0.25, -0.2) is 4.39 Å². The van der Waals surface area contributed by atoms with Gasteiger partial charge in [0.1, 0.15) is 5.82 Å². The smallest absolute Gasteiger partial charge is 0.353 e. The van der Waals surface area contributed by atoms with Gasteiger partial charge in [-0.15, -0.1) is 0 Å². The Hall–Kier alpha value is -3.14. The molecule has 172 valence electrons. The third kappa shape index (κ3) is 6.43. The Morgan fingerprint density at radius 3 is 2.47 bits per heavy atom. The summed E-state index contributed by atoms with van der Waals surface area (Å²) in [6, 6.07) is 10.9. The number of alkyl halides is 3. The van der Waals surface area contributed by atoms with Crippen LogP contribution in [-0.2, 0) is 22.3 Å². The van der Waals surface area contributed by atoms with Crippen molar-refractivity contribution in [1.29, 1.82) is 0 Å². The maximum Gasteiger partial charge on any atom is 0.416 e. The second kappa shape index (κ2) is 9.99. The van der Waals surface area contributed by atoms with E-state index in [1.54, 1.807) is 40.1 Å². The summed E-state index contributed by atoms with van der Waals surface area (Å²) in [6.07, 6.45) is -3.98. The minimum atomic E-state index is -4.69. The van der Waals surface area contributed by atoms with Gasteiger partial charge in [0.2, 0.25) is 11.8 Å². The lowest BCUT2D eigenvalue weighted by Crippen LogP contribution is -2.44. The van der Waals surface area contributed by atoms with Gasteiger partial charge in [0.15, 0.2) is 0 Å². The van der Waals surface area contributed by atoms with Crippen LogP contribution in [0.5, 0.6) is 0 Å². The van der Waals surface area contributed by atoms with Crippen molar-refractivity contribution in [3.8, 4) is 0 Å². The van der Waals surface area contributed by atoms with Crippen LogP contribution in [0, 0.1) is 5.82 Å². The number of para-hydroxylation sites is 1. The van der Waals surface area contributed by atoms with Crippen molar-refractivity contribution in [1.82, 2.24) is 10.2 Å². The third-order valence-electron chi connectivity index (χ3n) is 5.13. The molecule has 1 heterocycles. The van der Waals surface area contributed by atoms with E-state index in [0.717, 1.165) is 12.1 Å². The van der Waals surface area contributed by atoms with Gasteiger partial charge in [-0.3, -0.25) is 9.59 Å². The van der Waals surface area contributed by atoms with Gasteiger partial charge in [-0.05, 0) is 42.3 Å². The molecular formula is C22H24F4N4O2. The molecule has 0 aliphatic carbocycles. The zero-order valence-electron chi connectivity index (χ0n) is 17.2. The number of hydrogen-bond donors (Lipinski definition) is 2. The number of hydrogen-bond acceptors (Lipinski definition) is 4. The van der Waals surface area contributed by atoms with Crippen molar-refractivity contribution < 1.29 is 27.2 Å². The average Bonchev–Trinajstić information content (AvgIpc) is 3.18. The number of rotatable bonds is 7. The van der Waals surface area contributed by atoms with Crippen LogP contribution in [-0.4, -0.2) is 48.9 Å². The van der Waals surface area contributed by atoms with E-state index < -0.39 is 23.5 Å². The molecule has 2 aromatic carbocycles. The summed E-state index contributed by atoms with van der Waals surface area (Å²) in [5.74, 6) is -1.73. The number of carbonyl (C=O) groups is 2. The summed E-state index contributed by atoms with van der Waals surface area (Å²) in [6.45, 7) is 0.474. The number of nitrogens with zero attached hydrogens (tertiary/aromatic N) is 2. The van der Waals surface area contributed by atoms with Crippen LogP contribution in [0.25, 0.3) is 0 Å². The summed E-state index contributed by atoms with van der Waals surface area (Å²) in [5, 5.41) is 2.50. The van der Waals surface area contributed by atoms with E-state index in [-0.39, 0.29) is 37.1 Å². The summed E-state index contributed by atoms with van der Waals surface area (Å²) >= 11 is 0.